The molecule has 0 fully saturated rings. The highest BCUT2D eigenvalue weighted by Crippen LogP contribution is 2.29. The number of nitrogens with zero attached hydrogens (tertiary/aromatic N) is 2. The summed E-state index contributed by atoms with van der Waals surface area (Å²) in [6.45, 7) is 0.490. The van der Waals surface area contributed by atoms with Crippen LogP contribution in [0.4, 0.5) is 0 Å². The predicted octanol–water partition coefficient (Wildman–Crippen LogP) is 4.27. The van der Waals surface area contributed by atoms with Crippen molar-refractivity contribution in [3.63, 3.8) is 0 Å². The van der Waals surface area contributed by atoms with E-state index in [2.05, 4.69) is 4.98 Å². The molecule has 3 rings (SSSR count). The number of furan rings is 1. The van der Waals surface area contributed by atoms with Crippen LogP contribution in [0.5, 0.6) is 0 Å². The normalized spacial score (nSPS) is 10.5. The first-order valence-electron chi connectivity index (χ1n) is 7.14. The second-order valence-corrected chi connectivity index (χ2v) is 5.57. The van der Waals surface area contributed by atoms with Gasteiger partial charge >= 0.3 is 0 Å². The predicted molar refractivity (Wildman–Crippen MR) is 89.2 cm³/mol. The maximum atomic E-state index is 12.5. The van der Waals surface area contributed by atoms with E-state index in [1.165, 1.54) is 0 Å². The van der Waals surface area contributed by atoms with E-state index in [-0.39, 0.29) is 11.7 Å². The van der Waals surface area contributed by atoms with E-state index in [0.29, 0.717) is 17.3 Å². The molecule has 0 aliphatic carbocycles. The number of carbonyl (C=O) groups excluding carboxylic acids is 1. The molecule has 0 radical (unpaired) electrons. The molecule has 1 amide bonds. The lowest BCUT2D eigenvalue weighted by Crippen LogP contribution is -2.25. The Morgan fingerprint density at radius 1 is 1.13 bits per heavy atom. The first-order chi connectivity index (χ1) is 11.1. The largest absolute Gasteiger partial charge is 0.451 e. The Morgan fingerprint density at radius 2 is 1.87 bits per heavy atom. The van der Waals surface area contributed by atoms with Crippen LogP contribution in [-0.4, -0.2) is 22.8 Å². The maximum Gasteiger partial charge on any atom is 0.289 e. The highest BCUT2D eigenvalue weighted by Gasteiger charge is 2.17. The fraction of sp³-hybridized carbons (Fsp3) is 0.111. The summed E-state index contributed by atoms with van der Waals surface area (Å²) in [7, 11) is 1.74. The van der Waals surface area contributed by atoms with E-state index in [1.807, 2.05) is 30.3 Å². The SMILES string of the molecule is CN(Cc1ccncc1)C(=O)c1ccc(-c2ccccc2Cl)o1. The zero-order valence-electron chi connectivity index (χ0n) is 12.6. The number of pyridine rings is 1. The van der Waals surface area contributed by atoms with Gasteiger partial charge in [0.1, 0.15) is 5.76 Å². The van der Waals surface area contributed by atoms with Gasteiger partial charge < -0.3 is 9.32 Å². The van der Waals surface area contributed by atoms with Gasteiger partial charge in [-0.1, -0.05) is 23.7 Å². The summed E-state index contributed by atoms with van der Waals surface area (Å²) in [6.07, 6.45) is 3.41. The highest BCUT2D eigenvalue weighted by molar-refractivity contribution is 6.33. The van der Waals surface area contributed by atoms with Crippen LogP contribution in [0.25, 0.3) is 11.3 Å². The molecule has 0 saturated heterocycles. The van der Waals surface area contributed by atoms with Crippen molar-refractivity contribution in [3.05, 3.63) is 77.3 Å². The van der Waals surface area contributed by atoms with Gasteiger partial charge in [0.15, 0.2) is 5.76 Å². The lowest BCUT2D eigenvalue weighted by atomic mass is 10.2. The molecule has 0 aliphatic heterocycles. The van der Waals surface area contributed by atoms with Gasteiger partial charge in [0.2, 0.25) is 0 Å². The van der Waals surface area contributed by atoms with Crippen molar-refractivity contribution in [3.8, 4) is 11.3 Å². The van der Waals surface area contributed by atoms with Crippen LogP contribution in [0.2, 0.25) is 5.02 Å². The quantitative estimate of drug-likeness (QED) is 0.719. The molecule has 3 aromatic rings. The monoisotopic (exact) mass is 326 g/mol. The zero-order chi connectivity index (χ0) is 16.2. The molecule has 0 aliphatic rings. The number of aromatic nitrogens is 1. The van der Waals surface area contributed by atoms with Gasteiger partial charge in [0.05, 0.1) is 5.02 Å². The Hall–Kier alpha value is -2.59. The molecule has 0 unspecified atom stereocenters. The van der Waals surface area contributed by atoms with Crippen molar-refractivity contribution in [2.24, 2.45) is 0 Å². The molecule has 2 heterocycles. The molecule has 1 aromatic carbocycles. The number of amides is 1. The van der Waals surface area contributed by atoms with Gasteiger partial charge in [0, 0.05) is 31.5 Å². The molecule has 0 atom stereocenters. The maximum absolute atomic E-state index is 12.5. The third kappa shape index (κ3) is 3.43. The smallest absolute Gasteiger partial charge is 0.289 e. The van der Waals surface area contributed by atoms with Crippen LogP contribution in [0.3, 0.4) is 0 Å². The van der Waals surface area contributed by atoms with Crippen LogP contribution >= 0.6 is 11.6 Å². The van der Waals surface area contributed by atoms with Crippen molar-refractivity contribution in [1.82, 2.24) is 9.88 Å². The minimum Gasteiger partial charge on any atom is -0.451 e. The zero-order valence-corrected chi connectivity index (χ0v) is 13.3. The lowest BCUT2D eigenvalue weighted by Gasteiger charge is -2.15. The van der Waals surface area contributed by atoms with Crippen LogP contribution in [0.1, 0.15) is 16.1 Å². The van der Waals surface area contributed by atoms with Crippen molar-refractivity contribution in [2.75, 3.05) is 7.05 Å². The number of benzene rings is 1. The Labute approximate surface area is 139 Å². The first-order valence-corrected chi connectivity index (χ1v) is 7.52. The highest BCUT2D eigenvalue weighted by atomic mass is 35.5. The summed E-state index contributed by atoms with van der Waals surface area (Å²) < 4.78 is 5.68. The Balaban J connectivity index is 1.77. The minimum atomic E-state index is -0.180. The van der Waals surface area contributed by atoms with Gasteiger partial charge in [-0.3, -0.25) is 9.78 Å². The second-order valence-electron chi connectivity index (χ2n) is 5.16. The summed E-state index contributed by atoms with van der Waals surface area (Å²) >= 11 is 6.16. The average Bonchev–Trinajstić information content (AvgIpc) is 3.05. The molecule has 2 aromatic heterocycles. The summed E-state index contributed by atoms with van der Waals surface area (Å²) in [5.74, 6) is 0.688. The van der Waals surface area contributed by atoms with Crippen LogP contribution in [-0.2, 0) is 6.54 Å². The van der Waals surface area contributed by atoms with E-state index >= 15 is 0 Å². The number of halogens is 1. The Morgan fingerprint density at radius 3 is 2.61 bits per heavy atom. The van der Waals surface area contributed by atoms with Crippen molar-refractivity contribution >= 4 is 17.5 Å². The van der Waals surface area contributed by atoms with E-state index in [1.54, 1.807) is 42.5 Å². The molecule has 0 spiro atoms. The molecule has 116 valence electrons. The van der Waals surface area contributed by atoms with E-state index < -0.39 is 0 Å². The average molecular weight is 327 g/mol. The van der Waals surface area contributed by atoms with Crippen molar-refractivity contribution in [1.29, 1.82) is 0 Å². The number of hydrogen-bond acceptors (Lipinski definition) is 3. The summed E-state index contributed by atoms with van der Waals surface area (Å²) in [5.41, 5.74) is 1.78. The number of carbonyl (C=O) groups is 1. The van der Waals surface area contributed by atoms with Crippen molar-refractivity contribution in [2.45, 2.75) is 6.54 Å². The molecular weight excluding hydrogens is 312 g/mol. The van der Waals surface area contributed by atoms with E-state index in [4.69, 9.17) is 16.0 Å². The topological polar surface area (TPSA) is 46.3 Å². The molecular formula is C18H15ClN2O2. The third-order valence-electron chi connectivity index (χ3n) is 3.47. The van der Waals surface area contributed by atoms with Crippen molar-refractivity contribution < 1.29 is 9.21 Å². The Kier molecular flexibility index (Phi) is 4.44. The molecule has 0 saturated carbocycles. The van der Waals surface area contributed by atoms with Gasteiger partial charge in [-0.05, 0) is 42.0 Å². The number of hydrogen-bond donors (Lipinski definition) is 0. The molecule has 0 N–H and O–H groups in total. The lowest BCUT2D eigenvalue weighted by molar-refractivity contribution is 0.0754. The molecule has 23 heavy (non-hydrogen) atoms. The fourth-order valence-corrected chi connectivity index (χ4v) is 2.51. The van der Waals surface area contributed by atoms with Crippen LogP contribution in [0, 0.1) is 0 Å². The van der Waals surface area contributed by atoms with E-state index in [0.717, 1.165) is 11.1 Å². The second kappa shape index (κ2) is 6.67. The van der Waals surface area contributed by atoms with Crippen LogP contribution in [0.15, 0.2) is 65.3 Å². The molecule has 0 bridgehead atoms. The number of rotatable bonds is 4. The van der Waals surface area contributed by atoms with Gasteiger partial charge in [0.25, 0.3) is 5.91 Å². The van der Waals surface area contributed by atoms with Gasteiger partial charge in [-0.25, -0.2) is 0 Å². The Bertz CT molecular complexity index is 815. The summed E-state index contributed by atoms with van der Waals surface area (Å²) in [4.78, 5) is 18.0. The summed E-state index contributed by atoms with van der Waals surface area (Å²) in [6, 6.07) is 14.6. The van der Waals surface area contributed by atoms with Crippen LogP contribution < -0.4 is 0 Å². The molecule has 4 nitrogen and oxygen atoms in total. The summed E-state index contributed by atoms with van der Waals surface area (Å²) in [5, 5.41) is 0.589. The minimum absolute atomic E-state index is 0.180. The molecule has 5 heteroatoms. The van der Waals surface area contributed by atoms with Gasteiger partial charge in [-0.2, -0.15) is 0 Å². The first kappa shape index (κ1) is 15.3. The van der Waals surface area contributed by atoms with Gasteiger partial charge in [-0.15, -0.1) is 0 Å². The third-order valence-corrected chi connectivity index (χ3v) is 3.80. The van der Waals surface area contributed by atoms with E-state index in [9.17, 15) is 4.79 Å². The fourth-order valence-electron chi connectivity index (χ4n) is 2.28. The standard InChI is InChI=1S/C18H15ClN2O2/c1-21(12-13-8-10-20-11-9-13)18(22)17-7-6-16(23-17)14-4-2-3-5-15(14)19/h2-11H,12H2,1H3.